The molecule has 0 aliphatic heterocycles. The van der Waals surface area contributed by atoms with Crippen molar-refractivity contribution < 1.29 is 19.2 Å². The minimum Gasteiger partial charge on any atom is -0.344 e. The Morgan fingerprint density at radius 3 is 1.24 bits per heavy atom. The van der Waals surface area contributed by atoms with Crippen LogP contribution < -0.4 is 43.6 Å². The predicted octanol–water partition coefficient (Wildman–Crippen LogP) is 4.20. The second kappa shape index (κ2) is 26.0. The van der Waals surface area contributed by atoms with Crippen molar-refractivity contribution in [3.05, 3.63) is 60.7 Å². The third kappa shape index (κ3) is 17.2. The molecule has 2 rings (SSSR count). The molecule has 12 heteroatoms. The summed E-state index contributed by atoms with van der Waals surface area (Å²) in [6, 6.07) is 17.0. The highest BCUT2D eigenvalue weighted by Gasteiger charge is 2.27. The van der Waals surface area contributed by atoms with Gasteiger partial charge in [-0.15, -0.1) is 0 Å². The number of amides is 4. The van der Waals surface area contributed by atoms with Gasteiger partial charge in [-0.25, -0.2) is 0 Å². The van der Waals surface area contributed by atoms with Crippen LogP contribution in [0.4, 0.5) is 11.4 Å². The van der Waals surface area contributed by atoms with Crippen molar-refractivity contribution in [2.45, 2.75) is 103 Å². The van der Waals surface area contributed by atoms with Crippen LogP contribution in [0, 0.1) is 11.8 Å². The van der Waals surface area contributed by atoms with Crippen LogP contribution in [0.1, 0.15) is 90.9 Å². The number of rotatable bonds is 27. The van der Waals surface area contributed by atoms with E-state index >= 15 is 0 Å². The first-order chi connectivity index (χ1) is 24.3. The number of hydrogen-bond donors (Lipinski definition) is 8. The van der Waals surface area contributed by atoms with Gasteiger partial charge in [-0.05, 0) is 88.7 Å². The largest absolute Gasteiger partial charge is 0.344 e. The molecule has 0 fully saturated rings. The van der Waals surface area contributed by atoms with Crippen LogP contribution in [0.2, 0.25) is 0 Å². The molecule has 0 radical (unpaired) electrons. The van der Waals surface area contributed by atoms with E-state index in [1.54, 1.807) is 0 Å². The number of unbranched alkanes of at least 4 members (excludes halogenated alkanes) is 4. The lowest BCUT2D eigenvalue weighted by molar-refractivity contribution is -0.130. The van der Waals surface area contributed by atoms with Crippen LogP contribution in [0.25, 0.3) is 0 Å². The Hall–Kier alpha value is -3.84. The third-order valence-corrected chi connectivity index (χ3v) is 8.62. The fourth-order valence-electron chi connectivity index (χ4n) is 5.55. The molecule has 2 aromatic carbocycles. The standard InChI is InChI=1S/C38H62N8O4/c1-3-5-17-29(35(47)45-33(23-13-15-25-39)37(49)43-31-19-9-7-10-20-31)27-41-42-28-30(18-6-4-2)36(48)46-34(24-14-16-26-40)38(50)44-32-21-11-8-12-22-32/h7-12,19-22,29-30,33-34,41-42H,3-6,13-18,23-28,39-40H2,1-2H3,(H,43,49)(H,44,50)(H,45,47)(H,46,48)/t29-,30+,33+,34-. The van der Waals surface area contributed by atoms with Gasteiger partial charge in [-0.3, -0.25) is 30.0 Å². The summed E-state index contributed by atoms with van der Waals surface area (Å²) in [6.45, 7) is 5.83. The summed E-state index contributed by atoms with van der Waals surface area (Å²) < 4.78 is 0. The Bertz CT molecular complexity index is 1140. The second-order valence-electron chi connectivity index (χ2n) is 12.8. The van der Waals surface area contributed by atoms with Crippen LogP contribution in [0.5, 0.6) is 0 Å². The molecule has 0 aromatic heterocycles. The maximum absolute atomic E-state index is 13.6. The number of benzene rings is 2. The first kappa shape index (κ1) is 42.3. The fraction of sp³-hybridized carbons (Fsp3) is 0.579. The number of nitrogens with two attached hydrogens (primary N) is 2. The lowest BCUT2D eigenvalue weighted by Crippen LogP contribution is -2.51. The molecule has 12 nitrogen and oxygen atoms in total. The second-order valence-corrected chi connectivity index (χ2v) is 12.8. The summed E-state index contributed by atoms with van der Waals surface area (Å²) in [5, 5.41) is 11.8. The Morgan fingerprint density at radius 2 is 0.900 bits per heavy atom. The molecule has 0 heterocycles. The number of anilines is 2. The molecule has 278 valence electrons. The Balaban J connectivity index is 2.03. The lowest BCUT2D eigenvalue weighted by Gasteiger charge is -2.24. The fourth-order valence-corrected chi connectivity index (χ4v) is 5.55. The molecule has 0 saturated heterocycles. The average molecular weight is 695 g/mol. The molecule has 0 unspecified atom stereocenters. The van der Waals surface area contributed by atoms with Crippen LogP contribution in [0.3, 0.4) is 0 Å². The summed E-state index contributed by atoms with van der Waals surface area (Å²) in [5.74, 6) is -1.69. The molecule has 10 N–H and O–H groups in total. The van der Waals surface area contributed by atoms with Gasteiger partial charge in [0.15, 0.2) is 0 Å². The topological polar surface area (TPSA) is 192 Å². The van der Waals surface area contributed by atoms with Crippen LogP contribution in [-0.2, 0) is 19.2 Å². The molecular weight excluding hydrogens is 632 g/mol. The Kier molecular flexibility index (Phi) is 22.0. The van der Waals surface area contributed by atoms with E-state index in [0.29, 0.717) is 76.1 Å². The van der Waals surface area contributed by atoms with Gasteiger partial charge in [0.05, 0.1) is 11.8 Å². The zero-order valence-electron chi connectivity index (χ0n) is 30.2. The minimum atomic E-state index is -0.689. The van der Waals surface area contributed by atoms with Crippen molar-refractivity contribution in [1.82, 2.24) is 21.5 Å². The predicted molar refractivity (Wildman–Crippen MR) is 202 cm³/mol. The van der Waals surface area contributed by atoms with E-state index in [0.717, 1.165) is 38.5 Å². The van der Waals surface area contributed by atoms with E-state index < -0.39 is 12.1 Å². The number of carbonyl (C=O) groups excluding carboxylic acids is 4. The van der Waals surface area contributed by atoms with Gasteiger partial charge in [0.1, 0.15) is 12.1 Å². The molecule has 0 saturated carbocycles. The van der Waals surface area contributed by atoms with Gasteiger partial charge in [0, 0.05) is 24.5 Å². The first-order valence-electron chi connectivity index (χ1n) is 18.5. The normalized spacial score (nSPS) is 13.4. The zero-order chi connectivity index (χ0) is 36.4. The maximum atomic E-state index is 13.6. The van der Waals surface area contributed by atoms with E-state index in [1.165, 1.54) is 0 Å². The molecule has 4 amide bonds. The number of nitrogens with one attached hydrogen (secondary N) is 6. The highest BCUT2D eigenvalue weighted by molar-refractivity contribution is 5.98. The summed E-state index contributed by atoms with van der Waals surface area (Å²) in [6.07, 6.45) is 8.77. The van der Waals surface area contributed by atoms with Gasteiger partial charge in [-0.1, -0.05) is 75.9 Å². The zero-order valence-corrected chi connectivity index (χ0v) is 30.2. The summed E-state index contributed by atoms with van der Waals surface area (Å²) in [5.41, 5.74) is 19.1. The molecule has 0 aliphatic carbocycles. The van der Waals surface area contributed by atoms with E-state index in [2.05, 4.69) is 46.0 Å². The highest BCUT2D eigenvalue weighted by Crippen LogP contribution is 2.14. The van der Waals surface area contributed by atoms with Crippen molar-refractivity contribution in [3.63, 3.8) is 0 Å². The van der Waals surface area contributed by atoms with Gasteiger partial charge in [0.2, 0.25) is 23.6 Å². The number of hydrogen-bond acceptors (Lipinski definition) is 8. The molecule has 2 aromatic rings. The van der Waals surface area contributed by atoms with Crippen molar-refractivity contribution in [2.24, 2.45) is 23.3 Å². The van der Waals surface area contributed by atoms with Crippen molar-refractivity contribution in [1.29, 1.82) is 0 Å². The lowest BCUT2D eigenvalue weighted by atomic mass is 9.99. The molecule has 4 atom stereocenters. The van der Waals surface area contributed by atoms with Gasteiger partial charge in [-0.2, -0.15) is 0 Å². The summed E-state index contributed by atoms with van der Waals surface area (Å²) in [7, 11) is 0. The van der Waals surface area contributed by atoms with Crippen LogP contribution >= 0.6 is 0 Å². The van der Waals surface area contributed by atoms with Crippen LogP contribution in [0.15, 0.2) is 60.7 Å². The molecule has 0 aliphatic rings. The third-order valence-electron chi connectivity index (χ3n) is 8.62. The summed E-state index contributed by atoms with van der Waals surface area (Å²) in [4.78, 5) is 53.5. The monoisotopic (exact) mass is 694 g/mol. The van der Waals surface area contributed by atoms with E-state index in [4.69, 9.17) is 11.5 Å². The Labute approximate surface area is 299 Å². The molecule has 0 bridgehead atoms. The van der Waals surface area contributed by atoms with Gasteiger partial charge < -0.3 is 32.7 Å². The number of hydrazine groups is 1. The average Bonchev–Trinajstić information content (AvgIpc) is 3.12. The number of para-hydroxylation sites is 2. The van der Waals surface area contributed by atoms with Gasteiger partial charge in [0.25, 0.3) is 0 Å². The van der Waals surface area contributed by atoms with E-state index in [1.807, 2.05) is 60.7 Å². The highest BCUT2D eigenvalue weighted by atomic mass is 16.2. The smallest absolute Gasteiger partial charge is 0.246 e. The quantitative estimate of drug-likeness (QED) is 0.0504. The molecule has 0 spiro atoms. The molecule has 50 heavy (non-hydrogen) atoms. The Morgan fingerprint density at radius 1 is 0.520 bits per heavy atom. The van der Waals surface area contributed by atoms with E-state index in [-0.39, 0.29) is 35.5 Å². The first-order valence-corrected chi connectivity index (χ1v) is 18.5. The number of carbonyl (C=O) groups is 4. The van der Waals surface area contributed by atoms with Crippen molar-refractivity contribution >= 4 is 35.0 Å². The van der Waals surface area contributed by atoms with Gasteiger partial charge >= 0.3 is 0 Å². The van der Waals surface area contributed by atoms with Crippen LogP contribution in [-0.4, -0.2) is 61.9 Å². The SMILES string of the molecule is CCCC[C@H](CNNC[C@H](CCCC)C(=O)N[C@H](CCCCN)C(=O)Nc1ccccc1)C(=O)N[C@@H](CCCCN)C(=O)Nc1ccccc1. The van der Waals surface area contributed by atoms with Crippen molar-refractivity contribution in [3.8, 4) is 0 Å². The minimum absolute atomic E-state index is 0.196. The summed E-state index contributed by atoms with van der Waals surface area (Å²) >= 11 is 0. The van der Waals surface area contributed by atoms with E-state index in [9.17, 15) is 19.2 Å². The molecular formula is C38H62N8O4. The van der Waals surface area contributed by atoms with Crippen molar-refractivity contribution in [2.75, 3.05) is 36.8 Å². The maximum Gasteiger partial charge on any atom is 0.246 e.